The van der Waals surface area contributed by atoms with Crippen molar-refractivity contribution in [1.29, 1.82) is 0 Å². The Kier molecular flexibility index (Phi) is 2.43. The number of thiophene rings is 1. The highest BCUT2D eigenvalue weighted by Crippen LogP contribution is 2.10. The zero-order valence-corrected chi connectivity index (χ0v) is 6.76. The van der Waals surface area contributed by atoms with Crippen molar-refractivity contribution >= 4 is 29.5 Å². The molecule has 3 nitrogen and oxygen atoms in total. The van der Waals surface area contributed by atoms with Crippen molar-refractivity contribution < 1.29 is 14.8 Å². The van der Waals surface area contributed by atoms with Gasteiger partial charge in [-0.15, -0.1) is 11.3 Å². The lowest BCUT2D eigenvalue weighted by molar-refractivity contribution is 0.112. The van der Waals surface area contributed by atoms with Gasteiger partial charge in [0.25, 0.3) is 0 Å². The van der Waals surface area contributed by atoms with Gasteiger partial charge in [0.1, 0.15) is 0 Å². The number of aldehydes is 1. The molecule has 1 rings (SSSR count). The average molecular weight is 170 g/mol. The Morgan fingerprint density at radius 3 is 2.55 bits per heavy atom. The van der Waals surface area contributed by atoms with E-state index in [1.54, 1.807) is 13.0 Å². The van der Waals surface area contributed by atoms with Gasteiger partial charge in [0.15, 0.2) is 6.29 Å². The summed E-state index contributed by atoms with van der Waals surface area (Å²) < 4.78 is 0.407. The molecule has 0 atom stereocenters. The quantitative estimate of drug-likeness (QED) is 0.466. The van der Waals surface area contributed by atoms with E-state index in [2.05, 4.69) is 0 Å². The second-order valence-corrected chi connectivity index (χ2v) is 3.30. The van der Waals surface area contributed by atoms with Crippen LogP contribution in [0.5, 0.6) is 0 Å². The molecule has 0 saturated carbocycles. The van der Waals surface area contributed by atoms with Crippen LogP contribution in [0.4, 0.5) is 0 Å². The predicted octanol–water partition coefficient (Wildman–Crippen LogP) is -0.451. The number of carbonyl (C=O) groups is 1. The van der Waals surface area contributed by atoms with Crippen molar-refractivity contribution in [2.75, 3.05) is 0 Å². The Hall–Kier alpha value is -0.645. The van der Waals surface area contributed by atoms with E-state index in [4.69, 9.17) is 10.0 Å². The minimum atomic E-state index is -1.47. The van der Waals surface area contributed by atoms with E-state index in [9.17, 15) is 4.79 Å². The molecule has 0 amide bonds. The van der Waals surface area contributed by atoms with Gasteiger partial charge in [-0.3, -0.25) is 4.79 Å². The third kappa shape index (κ3) is 1.68. The summed E-state index contributed by atoms with van der Waals surface area (Å²) >= 11 is 1.10. The summed E-state index contributed by atoms with van der Waals surface area (Å²) in [5.74, 6) is 0. The van der Waals surface area contributed by atoms with Crippen LogP contribution >= 0.6 is 11.3 Å². The first-order valence-corrected chi connectivity index (χ1v) is 3.88. The van der Waals surface area contributed by atoms with Gasteiger partial charge in [-0.1, -0.05) is 0 Å². The Balaban J connectivity index is 3.04. The highest BCUT2D eigenvalue weighted by molar-refractivity contribution is 7.23. The van der Waals surface area contributed by atoms with Crippen LogP contribution in [0.15, 0.2) is 6.07 Å². The molecule has 0 aromatic carbocycles. The van der Waals surface area contributed by atoms with Crippen LogP contribution in [0, 0.1) is 6.92 Å². The number of hydrogen-bond donors (Lipinski definition) is 2. The second kappa shape index (κ2) is 3.17. The topological polar surface area (TPSA) is 57.5 Å². The molecule has 58 valence electrons. The molecule has 11 heavy (non-hydrogen) atoms. The Bertz CT molecular complexity index is 269. The van der Waals surface area contributed by atoms with E-state index < -0.39 is 7.12 Å². The Morgan fingerprint density at radius 2 is 2.27 bits per heavy atom. The van der Waals surface area contributed by atoms with Crippen LogP contribution < -0.4 is 4.78 Å². The summed E-state index contributed by atoms with van der Waals surface area (Å²) in [4.78, 5) is 10.9. The second-order valence-electron chi connectivity index (χ2n) is 2.19. The first kappa shape index (κ1) is 8.45. The van der Waals surface area contributed by atoms with E-state index in [1.165, 1.54) is 0 Å². The average Bonchev–Trinajstić information content (AvgIpc) is 2.31. The van der Waals surface area contributed by atoms with Crippen molar-refractivity contribution in [1.82, 2.24) is 0 Å². The summed E-state index contributed by atoms with van der Waals surface area (Å²) in [5, 5.41) is 17.4. The number of rotatable bonds is 2. The molecule has 0 aliphatic rings. The maximum absolute atomic E-state index is 10.3. The molecule has 2 N–H and O–H groups in total. The smallest absolute Gasteiger partial charge is 0.423 e. The molecule has 0 unspecified atom stereocenters. The van der Waals surface area contributed by atoms with Gasteiger partial charge < -0.3 is 10.0 Å². The van der Waals surface area contributed by atoms with Crippen molar-refractivity contribution in [3.63, 3.8) is 0 Å². The van der Waals surface area contributed by atoms with Crippen molar-refractivity contribution in [2.24, 2.45) is 0 Å². The third-order valence-corrected chi connectivity index (χ3v) is 2.54. The fraction of sp³-hybridized carbons (Fsp3) is 0.167. The van der Waals surface area contributed by atoms with E-state index in [1.807, 2.05) is 0 Å². The zero-order valence-electron chi connectivity index (χ0n) is 5.94. The van der Waals surface area contributed by atoms with Gasteiger partial charge in [-0.2, -0.15) is 0 Å². The number of aryl methyl sites for hydroxylation is 1. The standard InChI is InChI=1S/C6H7BO3S/c1-4-2-6(7(9)10)11-5(4)3-8/h2-3,9-10H,1H3. The van der Waals surface area contributed by atoms with Crippen LogP contribution in [-0.4, -0.2) is 23.5 Å². The lowest BCUT2D eigenvalue weighted by atomic mass is 9.89. The Morgan fingerprint density at radius 1 is 1.64 bits per heavy atom. The molecule has 0 aliphatic heterocycles. The van der Waals surface area contributed by atoms with Crippen molar-refractivity contribution in [3.05, 3.63) is 16.5 Å². The van der Waals surface area contributed by atoms with Gasteiger partial charge in [0.05, 0.1) is 4.88 Å². The van der Waals surface area contributed by atoms with E-state index in [0.29, 0.717) is 15.9 Å². The minimum Gasteiger partial charge on any atom is -0.423 e. The summed E-state index contributed by atoms with van der Waals surface area (Å²) in [5.41, 5.74) is 0.785. The number of hydrogen-bond acceptors (Lipinski definition) is 4. The summed E-state index contributed by atoms with van der Waals surface area (Å²) in [6, 6.07) is 1.60. The van der Waals surface area contributed by atoms with E-state index in [-0.39, 0.29) is 0 Å². The highest BCUT2D eigenvalue weighted by atomic mass is 32.1. The van der Waals surface area contributed by atoms with Gasteiger partial charge in [-0.05, 0) is 18.6 Å². The summed E-state index contributed by atoms with van der Waals surface area (Å²) in [7, 11) is -1.47. The van der Waals surface area contributed by atoms with E-state index in [0.717, 1.165) is 16.9 Å². The molecule has 1 heterocycles. The van der Waals surface area contributed by atoms with Crippen molar-refractivity contribution in [3.8, 4) is 0 Å². The predicted molar refractivity (Wildman–Crippen MR) is 44.3 cm³/mol. The molecule has 5 heteroatoms. The van der Waals surface area contributed by atoms with E-state index >= 15 is 0 Å². The summed E-state index contributed by atoms with van der Waals surface area (Å²) in [6.07, 6.45) is 0.714. The maximum atomic E-state index is 10.3. The third-order valence-electron chi connectivity index (χ3n) is 1.34. The highest BCUT2D eigenvalue weighted by Gasteiger charge is 2.15. The molecule has 0 radical (unpaired) electrons. The fourth-order valence-corrected chi connectivity index (χ4v) is 1.63. The summed E-state index contributed by atoms with van der Waals surface area (Å²) in [6.45, 7) is 1.76. The Labute approximate surface area is 68.4 Å². The molecule has 0 bridgehead atoms. The SMILES string of the molecule is Cc1cc(B(O)O)sc1C=O. The van der Waals surface area contributed by atoms with Gasteiger partial charge in [-0.25, -0.2) is 0 Å². The van der Waals surface area contributed by atoms with Crippen LogP contribution in [0.2, 0.25) is 0 Å². The molecule has 1 aromatic heterocycles. The van der Waals surface area contributed by atoms with Crippen LogP contribution in [0.1, 0.15) is 15.2 Å². The largest absolute Gasteiger partial charge is 0.499 e. The molecule has 0 fully saturated rings. The fourth-order valence-electron chi connectivity index (χ4n) is 0.766. The first-order chi connectivity index (χ1) is 5.15. The van der Waals surface area contributed by atoms with Crippen LogP contribution in [0.25, 0.3) is 0 Å². The molecule has 1 aromatic rings. The first-order valence-electron chi connectivity index (χ1n) is 3.07. The molecule has 0 spiro atoms. The van der Waals surface area contributed by atoms with Gasteiger partial charge in [0.2, 0.25) is 0 Å². The zero-order chi connectivity index (χ0) is 8.43. The van der Waals surface area contributed by atoms with Gasteiger partial charge >= 0.3 is 7.12 Å². The number of carbonyl (C=O) groups excluding carboxylic acids is 1. The lowest BCUT2D eigenvalue weighted by Crippen LogP contribution is -2.26. The van der Waals surface area contributed by atoms with Crippen LogP contribution in [0.3, 0.4) is 0 Å². The molecule has 0 aliphatic carbocycles. The maximum Gasteiger partial charge on any atom is 0.499 e. The minimum absolute atomic E-state index is 0.407. The van der Waals surface area contributed by atoms with Crippen LogP contribution in [-0.2, 0) is 0 Å². The normalized spacial score (nSPS) is 9.73. The monoisotopic (exact) mass is 170 g/mol. The molecular formula is C6H7BO3S. The molecule has 0 saturated heterocycles. The van der Waals surface area contributed by atoms with Gasteiger partial charge in [0, 0.05) is 4.78 Å². The lowest BCUT2D eigenvalue weighted by Gasteiger charge is -1.87. The van der Waals surface area contributed by atoms with Crippen molar-refractivity contribution in [2.45, 2.75) is 6.92 Å². The molecular weight excluding hydrogens is 163 g/mol.